The highest BCUT2D eigenvalue weighted by atomic mass is 32.2. The van der Waals surface area contributed by atoms with E-state index in [2.05, 4.69) is 15.6 Å². The average molecular weight is 542 g/mol. The molecule has 4 aromatic rings. The fraction of sp³-hybridized carbons (Fsp3) is 0.233. The molecule has 8 nitrogen and oxygen atoms in total. The van der Waals surface area contributed by atoms with Crippen molar-refractivity contribution in [3.8, 4) is 16.9 Å². The van der Waals surface area contributed by atoms with Crippen LogP contribution in [0.25, 0.3) is 11.1 Å². The quantitative estimate of drug-likeness (QED) is 0.251. The van der Waals surface area contributed by atoms with Crippen LogP contribution in [0.15, 0.2) is 77.8 Å². The zero-order valence-corrected chi connectivity index (χ0v) is 22.8. The molecule has 0 aliphatic carbocycles. The van der Waals surface area contributed by atoms with E-state index >= 15 is 0 Å². The molecule has 39 heavy (non-hydrogen) atoms. The molecular formula is C30H31N5O3S. The predicted octanol–water partition coefficient (Wildman–Crippen LogP) is 6.38. The Labute approximate surface area is 228 Å². The van der Waals surface area contributed by atoms with Crippen molar-refractivity contribution in [3.05, 3.63) is 89.6 Å². The summed E-state index contributed by atoms with van der Waals surface area (Å²) in [4.78, 5) is 22.4. The highest BCUT2D eigenvalue weighted by molar-refractivity contribution is 7.92. The van der Waals surface area contributed by atoms with Gasteiger partial charge in [-0.05, 0) is 68.1 Å². The van der Waals surface area contributed by atoms with Gasteiger partial charge in [0, 0.05) is 40.2 Å². The summed E-state index contributed by atoms with van der Waals surface area (Å²) in [5.41, 5.74) is 5.14. The Bertz CT molecular complexity index is 1620. The van der Waals surface area contributed by atoms with Gasteiger partial charge in [0.05, 0.1) is 9.73 Å². The molecule has 200 valence electrons. The first-order chi connectivity index (χ1) is 18.8. The standard InChI is InChI=1S/C30H31N5O3S/c1-20-8-13-26(21(2)16-20)28(36)19-38-24-11-9-22(10-12-24)27-18-33-30-34-23-6-5-7-25(17-23)39(31,37)15-4-3-14-32-29(27)35-30/h5-13,16-18,31H,3-4,14-15,19H2,1-2H3,(H2,32,33,34,35). The van der Waals surface area contributed by atoms with E-state index in [0.717, 1.165) is 28.7 Å². The predicted molar refractivity (Wildman–Crippen MR) is 155 cm³/mol. The fourth-order valence-electron chi connectivity index (χ4n) is 4.53. The number of hydrogen-bond acceptors (Lipinski definition) is 8. The Morgan fingerprint density at radius 3 is 2.67 bits per heavy atom. The maximum absolute atomic E-state index is 12.9. The van der Waals surface area contributed by atoms with Gasteiger partial charge in [-0.3, -0.25) is 4.79 Å². The third kappa shape index (κ3) is 6.26. The van der Waals surface area contributed by atoms with Crippen LogP contribution in [0.1, 0.15) is 34.3 Å². The number of carbonyl (C=O) groups is 1. The minimum Gasteiger partial charge on any atom is -0.485 e. The third-order valence-electron chi connectivity index (χ3n) is 6.63. The number of nitrogens with zero attached hydrogens (tertiary/aromatic N) is 2. The number of rotatable bonds is 5. The van der Waals surface area contributed by atoms with Gasteiger partial charge in [-0.1, -0.05) is 42.0 Å². The second-order valence-electron chi connectivity index (χ2n) is 9.68. The second-order valence-corrected chi connectivity index (χ2v) is 11.9. The molecule has 0 saturated heterocycles. The minimum absolute atomic E-state index is 0.0363. The Balaban J connectivity index is 1.34. The van der Waals surface area contributed by atoms with Crippen molar-refractivity contribution in [3.63, 3.8) is 0 Å². The maximum atomic E-state index is 12.9. The van der Waals surface area contributed by atoms with Crippen molar-refractivity contribution >= 4 is 33.0 Å². The van der Waals surface area contributed by atoms with Gasteiger partial charge < -0.3 is 15.4 Å². The first kappa shape index (κ1) is 26.4. The first-order valence-electron chi connectivity index (χ1n) is 12.9. The number of aryl methyl sites for hydroxylation is 2. The van der Waals surface area contributed by atoms with Crippen LogP contribution in [0.2, 0.25) is 0 Å². The van der Waals surface area contributed by atoms with Crippen LogP contribution < -0.4 is 15.4 Å². The largest absolute Gasteiger partial charge is 0.485 e. The molecule has 2 heterocycles. The van der Waals surface area contributed by atoms with Gasteiger partial charge in [0.25, 0.3) is 0 Å². The molecule has 1 aliphatic heterocycles. The van der Waals surface area contributed by atoms with Gasteiger partial charge in [0.15, 0.2) is 12.4 Å². The highest BCUT2D eigenvalue weighted by Crippen LogP contribution is 2.30. The van der Waals surface area contributed by atoms with Crippen molar-refractivity contribution in [2.24, 2.45) is 0 Å². The van der Waals surface area contributed by atoms with Gasteiger partial charge >= 0.3 is 0 Å². The number of aromatic nitrogens is 2. The SMILES string of the molecule is Cc1ccc(C(=O)COc2ccc(-c3cnc4nc3NCCCCS(=N)(=O)c3cccc(c3)N4)cc2)c(C)c1. The van der Waals surface area contributed by atoms with Gasteiger partial charge in [-0.2, -0.15) is 4.98 Å². The summed E-state index contributed by atoms with van der Waals surface area (Å²) in [5.74, 6) is 1.92. The second kappa shape index (κ2) is 11.2. The van der Waals surface area contributed by atoms with Crippen LogP contribution in [0.3, 0.4) is 0 Å². The van der Waals surface area contributed by atoms with Crippen molar-refractivity contribution in [1.29, 1.82) is 4.78 Å². The van der Waals surface area contributed by atoms with Gasteiger partial charge in [-0.25, -0.2) is 14.0 Å². The zero-order valence-electron chi connectivity index (χ0n) is 22.0. The van der Waals surface area contributed by atoms with E-state index in [-0.39, 0.29) is 12.4 Å². The first-order valence-corrected chi connectivity index (χ1v) is 14.6. The van der Waals surface area contributed by atoms with E-state index in [4.69, 9.17) is 14.5 Å². The van der Waals surface area contributed by atoms with E-state index in [0.29, 0.717) is 52.4 Å². The van der Waals surface area contributed by atoms with E-state index in [1.165, 1.54) is 0 Å². The summed E-state index contributed by atoms with van der Waals surface area (Å²) >= 11 is 0. The molecule has 1 unspecified atom stereocenters. The van der Waals surface area contributed by atoms with Crippen LogP contribution in [-0.4, -0.2) is 38.9 Å². The van der Waals surface area contributed by atoms with E-state index < -0.39 is 9.73 Å². The summed E-state index contributed by atoms with van der Waals surface area (Å²) in [6, 6.07) is 20.4. The van der Waals surface area contributed by atoms with Crippen LogP contribution >= 0.6 is 0 Å². The molecule has 0 spiro atoms. The molecule has 9 heteroatoms. The number of Topliss-reactive ketones (excluding diaryl/α,β-unsaturated/α-hetero) is 1. The van der Waals surface area contributed by atoms with Crippen LogP contribution in [0.5, 0.6) is 5.75 Å². The summed E-state index contributed by atoms with van der Waals surface area (Å²) in [7, 11) is -2.86. The molecule has 1 atom stereocenters. The molecule has 5 rings (SSSR count). The summed E-state index contributed by atoms with van der Waals surface area (Å²) < 4.78 is 27.1. The number of anilines is 3. The molecule has 3 N–H and O–H groups in total. The lowest BCUT2D eigenvalue weighted by Crippen LogP contribution is -2.13. The number of ketones is 1. The summed E-state index contributed by atoms with van der Waals surface area (Å²) in [6.07, 6.45) is 3.17. The number of fused-ring (bicyclic) bond motifs is 4. The molecular weight excluding hydrogens is 510 g/mol. The number of ether oxygens (including phenoxy) is 1. The molecule has 1 aromatic heterocycles. The number of nitrogens with one attached hydrogen (secondary N) is 3. The van der Waals surface area contributed by atoms with Gasteiger partial charge in [0.2, 0.25) is 5.95 Å². The smallest absolute Gasteiger partial charge is 0.229 e. The van der Waals surface area contributed by atoms with Crippen LogP contribution in [0, 0.1) is 18.6 Å². The van der Waals surface area contributed by atoms with Crippen molar-refractivity contribution in [1.82, 2.24) is 9.97 Å². The van der Waals surface area contributed by atoms with E-state index in [1.54, 1.807) is 24.4 Å². The Morgan fingerprint density at radius 2 is 1.87 bits per heavy atom. The summed E-state index contributed by atoms with van der Waals surface area (Å²) in [5, 5.41) is 6.56. The topological polar surface area (TPSA) is 117 Å². The van der Waals surface area contributed by atoms with Crippen LogP contribution in [-0.2, 0) is 9.73 Å². The Kier molecular flexibility index (Phi) is 7.60. The Morgan fingerprint density at radius 1 is 1.05 bits per heavy atom. The monoisotopic (exact) mass is 541 g/mol. The number of benzene rings is 3. The number of hydrogen-bond donors (Lipinski definition) is 3. The van der Waals surface area contributed by atoms with Gasteiger partial charge in [0.1, 0.15) is 11.6 Å². The average Bonchev–Trinajstić information content (AvgIpc) is 2.92. The lowest BCUT2D eigenvalue weighted by atomic mass is 10.0. The fourth-order valence-corrected chi connectivity index (χ4v) is 6.00. The number of carbonyl (C=O) groups excluding carboxylic acids is 1. The lowest BCUT2D eigenvalue weighted by Gasteiger charge is -2.14. The maximum Gasteiger partial charge on any atom is 0.229 e. The zero-order chi connectivity index (χ0) is 27.4. The van der Waals surface area contributed by atoms with Crippen molar-refractivity contribution in [2.75, 3.05) is 29.5 Å². The third-order valence-corrected chi connectivity index (χ3v) is 8.51. The van der Waals surface area contributed by atoms with Crippen molar-refractivity contribution < 1.29 is 13.7 Å². The molecule has 4 bridgehead atoms. The summed E-state index contributed by atoms with van der Waals surface area (Å²) in [6.45, 7) is 4.52. The van der Waals surface area contributed by atoms with Gasteiger partial charge in [-0.15, -0.1) is 0 Å². The van der Waals surface area contributed by atoms with Crippen molar-refractivity contribution in [2.45, 2.75) is 31.6 Å². The highest BCUT2D eigenvalue weighted by Gasteiger charge is 2.15. The van der Waals surface area contributed by atoms with E-state index in [9.17, 15) is 9.00 Å². The molecule has 1 aliphatic rings. The molecule has 3 aromatic carbocycles. The molecule has 0 amide bonds. The normalized spacial score (nSPS) is 17.0. The van der Waals surface area contributed by atoms with E-state index in [1.807, 2.05) is 62.4 Å². The molecule has 0 saturated carbocycles. The molecule has 0 radical (unpaired) electrons. The minimum atomic E-state index is -2.86. The molecule has 0 fully saturated rings. The van der Waals surface area contributed by atoms with Crippen LogP contribution in [0.4, 0.5) is 17.5 Å². The Hall–Kier alpha value is -4.24. The lowest BCUT2D eigenvalue weighted by molar-refractivity contribution is 0.0921.